The van der Waals surface area contributed by atoms with E-state index in [1.165, 1.54) is 6.07 Å². The van der Waals surface area contributed by atoms with Crippen molar-refractivity contribution in [1.29, 1.82) is 0 Å². The molecule has 2 nitrogen and oxygen atoms in total. The summed E-state index contributed by atoms with van der Waals surface area (Å²) in [6.07, 6.45) is 0. The van der Waals surface area contributed by atoms with Crippen molar-refractivity contribution in [1.82, 2.24) is 0 Å². The number of carboxylic acid groups (broad SMARTS) is 1. The van der Waals surface area contributed by atoms with E-state index in [-0.39, 0.29) is 16.7 Å². The maximum atomic E-state index is 14.0. The molecule has 0 radical (unpaired) electrons. The van der Waals surface area contributed by atoms with Crippen LogP contribution in [-0.2, 0) is 0 Å². The van der Waals surface area contributed by atoms with Crippen LogP contribution in [0.3, 0.4) is 0 Å². The van der Waals surface area contributed by atoms with E-state index < -0.39 is 17.6 Å². The fourth-order valence-corrected chi connectivity index (χ4v) is 2.11. The molecular weight excluding hydrogens is 250 g/mol. The summed E-state index contributed by atoms with van der Waals surface area (Å²) in [5, 5.41) is 8.91. The topological polar surface area (TPSA) is 37.3 Å². The monoisotopic (exact) mass is 262 g/mol. The Hall–Kier alpha value is -2.23. The summed E-state index contributed by atoms with van der Waals surface area (Å²) in [6, 6.07) is 6.37. The Morgan fingerprint density at radius 2 is 1.74 bits per heavy atom. The summed E-state index contributed by atoms with van der Waals surface area (Å²) in [6.45, 7) is 3.40. The van der Waals surface area contributed by atoms with Crippen LogP contribution >= 0.6 is 0 Å². The molecule has 0 amide bonds. The number of halogens is 2. The first-order valence-electron chi connectivity index (χ1n) is 5.70. The Balaban J connectivity index is 2.71. The first-order valence-corrected chi connectivity index (χ1v) is 5.70. The molecule has 0 aliphatic carbocycles. The maximum Gasteiger partial charge on any atom is 0.335 e. The number of carboxylic acids is 1. The van der Waals surface area contributed by atoms with Crippen LogP contribution in [0.15, 0.2) is 30.3 Å². The molecule has 0 bridgehead atoms. The third-order valence-corrected chi connectivity index (χ3v) is 2.91. The quantitative estimate of drug-likeness (QED) is 0.889. The summed E-state index contributed by atoms with van der Waals surface area (Å²) in [4.78, 5) is 10.9. The van der Waals surface area contributed by atoms with Crippen molar-refractivity contribution in [3.05, 3.63) is 58.7 Å². The van der Waals surface area contributed by atoms with Gasteiger partial charge in [-0.15, -0.1) is 0 Å². The zero-order valence-electron chi connectivity index (χ0n) is 10.5. The molecule has 0 saturated heterocycles. The van der Waals surface area contributed by atoms with Gasteiger partial charge in [0.05, 0.1) is 5.56 Å². The van der Waals surface area contributed by atoms with E-state index in [0.717, 1.165) is 23.8 Å². The summed E-state index contributed by atoms with van der Waals surface area (Å²) in [7, 11) is 0. The van der Waals surface area contributed by atoms with Gasteiger partial charge in [-0.1, -0.05) is 6.07 Å². The van der Waals surface area contributed by atoms with Gasteiger partial charge in [-0.3, -0.25) is 0 Å². The average molecular weight is 262 g/mol. The number of rotatable bonds is 2. The van der Waals surface area contributed by atoms with Crippen LogP contribution < -0.4 is 0 Å². The Bertz CT molecular complexity index is 640. The van der Waals surface area contributed by atoms with Crippen LogP contribution in [0.2, 0.25) is 0 Å². The van der Waals surface area contributed by atoms with Crippen molar-refractivity contribution in [2.24, 2.45) is 0 Å². The number of hydrogen-bond donors (Lipinski definition) is 1. The van der Waals surface area contributed by atoms with E-state index in [1.807, 2.05) is 0 Å². The first kappa shape index (κ1) is 13.2. The minimum Gasteiger partial charge on any atom is -0.478 e. The molecule has 4 heteroatoms. The molecule has 0 spiro atoms. The minimum absolute atomic E-state index is 0.0325. The molecule has 0 saturated carbocycles. The highest BCUT2D eigenvalue weighted by Gasteiger charge is 2.16. The highest BCUT2D eigenvalue weighted by Crippen LogP contribution is 2.30. The van der Waals surface area contributed by atoms with Gasteiger partial charge in [0.2, 0.25) is 0 Å². The molecule has 0 aromatic heterocycles. The number of benzene rings is 2. The molecule has 2 aromatic rings. The second kappa shape index (κ2) is 4.80. The van der Waals surface area contributed by atoms with E-state index in [1.54, 1.807) is 19.9 Å². The van der Waals surface area contributed by atoms with Gasteiger partial charge >= 0.3 is 5.97 Å². The standard InChI is InChI=1S/C15H12F2O2/c1-8-5-9(2)14(13(17)6-8)11-7-10(15(18)19)3-4-12(11)16/h3-7H,1-2H3,(H,18,19). The molecule has 98 valence electrons. The lowest BCUT2D eigenvalue weighted by Crippen LogP contribution is -2.00. The third kappa shape index (κ3) is 2.47. The first-order chi connectivity index (χ1) is 8.90. The summed E-state index contributed by atoms with van der Waals surface area (Å²) in [5.74, 6) is -2.37. The molecule has 0 atom stereocenters. The predicted molar refractivity (Wildman–Crippen MR) is 68.2 cm³/mol. The van der Waals surface area contributed by atoms with E-state index in [4.69, 9.17) is 5.11 Å². The Morgan fingerprint density at radius 1 is 1.05 bits per heavy atom. The number of hydrogen-bond acceptors (Lipinski definition) is 1. The summed E-state index contributed by atoms with van der Waals surface area (Å²) < 4.78 is 27.8. The number of aromatic carboxylic acids is 1. The molecule has 0 heterocycles. The van der Waals surface area contributed by atoms with E-state index >= 15 is 0 Å². The molecular formula is C15H12F2O2. The number of carbonyl (C=O) groups is 1. The Morgan fingerprint density at radius 3 is 2.32 bits per heavy atom. The zero-order valence-corrected chi connectivity index (χ0v) is 10.5. The van der Waals surface area contributed by atoms with Gasteiger partial charge in [0, 0.05) is 11.1 Å². The van der Waals surface area contributed by atoms with Gasteiger partial charge in [-0.05, 0) is 49.2 Å². The van der Waals surface area contributed by atoms with E-state index in [0.29, 0.717) is 5.56 Å². The lowest BCUT2D eigenvalue weighted by Gasteiger charge is -2.11. The Kier molecular flexibility index (Phi) is 3.34. The maximum absolute atomic E-state index is 14.0. The second-order valence-corrected chi connectivity index (χ2v) is 4.44. The summed E-state index contributed by atoms with van der Waals surface area (Å²) in [5.41, 5.74) is 1.30. The van der Waals surface area contributed by atoms with Crippen LogP contribution in [0.4, 0.5) is 8.78 Å². The third-order valence-electron chi connectivity index (χ3n) is 2.91. The zero-order chi connectivity index (χ0) is 14.2. The van der Waals surface area contributed by atoms with Crippen molar-refractivity contribution in [3.63, 3.8) is 0 Å². The van der Waals surface area contributed by atoms with Crippen molar-refractivity contribution in [2.75, 3.05) is 0 Å². The lowest BCUT2D eigenvalue weighted by molar-refractivity contribution is 0.0697. The summed E-state index contributed by atoms with van der Waals surface area (Å²) >= 11 is 0. The molecule has 0 unspecified atom stereocenters. The minimum atomic E-state index is -1.17. The van der Waals surface area contributed by atoms with Crippen LogP contribution in [0.5, 0.6) is 0 Å². The van der Waals surface area contributed by atoms with Gasteiger partial charge in [-0.2, -0.15) is 0 Å². The predicted octanol–water partition coefficient (Wildman–Crippen LogP) is 3.95. The average Bonchev–Trinajstić information content (AvgIpc) is 2.29. The molecule has 19 heavy (non-hydrogen) atoms. The second-order valence-electron chi connectivity index (χ2n) is 4.44. The van der Waals surface area contributed by atoms with Gasteiger partial charge in [0.25, 0.3) is 0 Å². The van der Waals surface area contributed by atoms with Crippen molar-refractivity contribution < 1.29 is 18.7 Å². The van der Waals surface area contributed by atoms with Gasteiger partial charge < -0.3 is 5.11 Å². The van der Waals surface area contributed by atoms with E-state index in [9.17, 15) is 13.6 Å². The SMILES string of the molecule is Cc1cc(C)c(-c2cc(C(=O)O)ccc2F)c(F)c1. The molecule has 2 aromatic carbocycles. The van der Waals surface area contributed by atoms with Crippen LogP contribution in [0, 0.1) is 25.5 Å². The molecule has 1 N–H and O–H groups in total. The molecule has 2 rings (SSSR count). The van der Waals surface area contributed by atoms with Crippen LogP contribution in [0.25, 0.3) is 11.1 Å². The van der Waals surface area contributed by atoms with Crippen molar-refractivity contribution >= 4 is 5.97 Å². The molecule has 0 aliphatic rings. The van der Waals surface area contributed by atoms with Crippen LogP contribution in [-0.4, -0.2) is 11.1 Å². The van der Waals surface area contributed by atoms with Crippen molar-refractivity contribution in [2.45, 2.75) is 13.8 Å². The van der Waals surface area contributed by atoms with Gasteiger partial charge in [-0.25, -0.2) is 13.6 Å². The Labute approximate surface area is 109 Å². The largest absolute Gasteiger partial charge is 0.478 e. The van der Waals surface area contributed by atoms with Gasteiger partial charge in [0.1, 0.15) is 11.6 Å². The molecule has 0 fully saturated rings. The fourth-order valence-electron chi connectivity index (χ4n) is 2.11. The molecule has 0 aliphatic heterocycles. The van der Waals surface area contributed by atoms with Crippen molar-refractivity contribution in [3.8, 4) is 11.1 Å². The fraction of sp³-hybridized carbons (Fsp3) is 0.133. The normalized spacial score (nSPS) is 10.5. The van der Waals surface area contributed by atoms with Gasteiger partial charge in [0.15, 0.2) is 0 Å². The van der Waals surface area contributed by atoms with E-state index in [2.05, 4.69) is 0 Å². The smallest absolute Gasteiger partial charge is 0.335 e. The lowest BCUT2D eigenvalue weighted by atomic mass is 9.96. The number of aryl methyl sites for hydroxylation is 2. The highest BCUT2D eigenvalue weighted by molar-refractivity contribution is 5.89. The van der Waals surface area contributed by atoms with Crippen LogP contribution in [0.1, 0.15) is 21.5 Å². The highest BCUT2D eigenvalue weighted by atomic mass is 19.1.